The van der Waals surface area contributed by atoms with Crippen LogP contribution in [0.15, 0.2) is 36.7 Å². The van der Waals surface area contributed by atoms with Crippen LogP contribution in [0.1, 0.15) is 49.2 Å². The molecular weight excluding hydrogens is 421 g/mol. The summed E-state index contributed by atoms with van der Waals surface area (Å²) in [5.74, 6) is 0. The number of hydrogen-bond donors (Lipinski definition) is 1. The third kappa shape index (κ3) is 3.93. The summed E-state index contributed by atoms with van der Waals surface area (Å²) in [6.45, 7) is 10.7. The maximum Gasteiger partial charge on any atom is 0.399 e. The summed E-state index contributed by atoms with van der Waals surface area (Å²) in [5, 5.41) is 4.35. The molecular formula is C23H25F3N4S. The van der Waals surface area contributed by atoms with Crippen LogP contribution in [0.5, 0.6) is 0 Å². The molecule has 164 valence electrons. The van der Waals surface area contributed by atoms with Crippen LogP contribution < -0.4 is 5.32 Å². The molecule has 0 radical (unpaired) electrons. The van der Waals surface area contributed by atoms with E-state index >= 15 is 0 Å². The van der Waals surface area contributed by atoms with E-state index in [0.717, 1.165) is 44.4 Å². The molecule has 0 aliphatic heterocycles. The fourth-order valence-corrected chi connectivity index (χ4v) is 4.63. The van der Waals surface area contributed by atoms with E-state index in [4.69, 9.17) is 0 Å². The Morgan fingerprint density at radius 1 is 1.23 bits per heavy atom. The van der Waals surface area contributed by atoms with Crippen LogP contribution in [-0.2, 0) is 18.3 Å². The van der Waals surface area contributed by atoms with Crippen LogP contribution in [0, 0.1) is 12.3 Å². The smallest absolute Gasteiger partial charge is 0.358 e. The van der Waals surface area contributed by atoms with Crippen molar-refractivity contribution >= 4 is 27.4 Å². The zero-order chi connectivity index (χ0) is 22.6. The first-order chi connectivity index (χ1) is 14.4. The first-order valence-corrected chi connectivity index (χ1v) is 11.0. The second kappa shape index (κ2) is 7.29. The standard InChI is InChI=1S/C23H25F3N4S/c1-13(28-16-10-18-20(27-12-16)31-14(2)29-18)22(5)9-8-17-15(11-22)6-7-19(30-17)21(3,4)23(24,25)26/h6-7,10,12,28H,1,8-9,11H2,2-5H3. The molecule has 1 unspecified atom stereocenters. The summed E-state index contributed by atoms with van der Waals surface area (Å²) in [4.78, 5) is 14.3. The van der Waals surface area contributed by atoms with Gasteiger partial charge in [-0.05, 0) is 57.7 Å². The van der Waals surface area contributed by atoms with Crippen molar-refractivity contribution in [3.05, 3.63) is 58.6 Å². The number of halogens is 3. The molecule has 0 spiro atoms. The number of fused-ring (bicyclic) bond motifs is 2. The van der Waals surface area contributed by atoms with Crippen LogP contribution in [0.3, 0.4) is 0 Å². The van der Waals surface area contributed by atoms with Crippen molar-refractivity contribution in [2.45, 2.75) is 58.5 Å². The van der Waals surface area contributed by atoms with Gasteiger partial charge in [0, 0.05) is 16.8 Å². The molecule has 1 atom stereocenters. The number of alkyl halides is 3. The van der Waals surface area contributed by atoms with E-state index in [0.29, 0.717) is 12.8 Å². The Labute approximate surface area is 183 Å². The zero-order valence-electron chi connectivity index (χ0n) is 18.0. The van der Waals surface area contributed by atoms with E-state index in [9.17, 15) is 13.2 Å². The number of aromatic nitrogens is 3. The van der Waals surface area contributed by atoms with Gasteiger partial charge < -0.3 is 5.32 Å². The van der Waals surface area contributed by atoms with Crippen molar-refractivity contribution in [3.63, 3.8) is 0 Å². The van der Waals surface area contributed by atoms with Gasteiger partial charge in [-0.3, -0.25) is 4.98 Å². The Hall–Kier alpha value is -2.48. The van der Waals surface area contributed by atoms with Crippen molar-refractivity contribution in [1.29, 1.82) is 0 Å². The van der Waals surface area contributed by atoms with Crippen molar-refractivity contribution < 1.29 is 13.2 Å². The van der Waals surface area contributed by atoms with Gasteiger partial charge in [0.05, 0.1) is 22.6 Å². The molecule has 31 heavy (non-hydrogen) atoms. The van der Waals surface area contributed by atoms with Gasteiger partial charge in [0.25, 0.3) is 0 Å². The second-order valence-corrected chi connectivity index (χ2v) is 10.2. The molecule has 3 heterocycles. The minimum atomic E-state index is -4.35. The van der Waals surface area contributed by atoms with Gasteiger partial charge in [0.1, 0.15) is 15.8 Å². The normalized spacial score (nSPS) is 19.3. The van der Waals surface area contributed by atoms with Gasteiger partial charge in [0.15, 0.2) is 0 Å². The lowest BCUT2D eigenvalue weighted by atomic mass is 9.72. The Bertz CT molecular complexity index is 1170. The highest BCUT2D eigenvalue weighted by molar-refractivity contribution is 7.18. The minimum absolute atomic E-state index is 0.0669. The third-order valence-electron chi connectivity index (χ3n) is 6.29. The topological polar surface area (TPSA) is 50.7 Å². The van der Waals surface area contributed by atoms with Crippen molar-refractivity contribution in [2.24, 2.45) is 5.41 Å². The highest BCUT2D eigenvalue weighted by atomic mass is 32.1. The van der Waals surface area contributed by atoms with E-state index in [-0.39, 0.29) is 11.1 Å². The lowest BCUT2D eigenvalue weighted by Crippen LogP contribution is -2.38. The number of thiazole rings is 1. The largest absolute Gasteiger partial charge is 0.399 e. The van der Waals surface area contributed by atoms with Crippen LogP contribution in [0.25, 0.3) is 10.3 Å². The number of rotatable bonds is 4. The van der Waals surface area contributed by atoms with Crippen LogP contribution in [0.2, 0.25) is 0 Å². The minimum Gasteiger partial charge on any atom is -0.358 e. The lowest BCUT2D eigenvalue weighted by molar-refractivity contribution is -0.181. The number of nitrogens with one attached hydrogen (secondary N) is 1. The molecule has 1 N–H and O–H groups in total. The Kier molecular flexibility index (Phi) is 5.11. The summed E-state index contributed by atoms with van der Waals surface area (Å²) in [5.41, 5.74) is 2.10. The van der Waals surface area contributed by atoms with Crippen molar-refractivity contribution in [1.82, 2.24) is 15.0 Å². The highest BCUT2D eigenvalue weighted by Gasteiger charge is 2.50. The molecule has 0 saturated carbocycles. The average molecular weight is 447 g/mol. The van der Waals surface area contributed by atoms with Crippen molar-refractivity contribution in [2.75, 3.05) is 5.32 Å². The molecule has 0 bridgehead atoms. The SMILES string of the molecule is C=C(Nc1cnc2sc(C)nc2c1)C1(C)CCc2nc(C(C)(C)C(F)(F)F)ccc2C1. The Balaban J connectivity index is 1.54. The summed E-state index contributed by atoms with van der Waals surface area (Å²) >= 11 is 1.55. The molecule has 0 saturated heterocycles. The first-order valence-electron chi connectivity index (χ1n) is 10.1. The fraction of sp³-hybridized carbons (Fsp3) is 0.435. The van der Waals surface area contributed by atoms with Gasteiger partial charge in [0.2, 0.25) is 0 Å². The zero-order valence-corrected chi connectivity index (χ0v) is 18.8. The number of hydrogen-bond acceptors (Lipinski definition) is 5. The highest BCUT2D eigenvalue weighted by Crippen LogP contribution is 2.43. The number of nitrogens with zero attached hydrogens (tertiary/aromatic N) is 3. The van der Waals surface area contributed by atoms with Crippen LogP contribution >= 0.6 is 11.3 Å². The summed E-state index contributed by atoms with van der Waals surface area (Å²) in [6.07, 6.45) is -0.546. The molecule has 0 fully saturated rings. The molecule has 3 aromatic rings. The fourth-order valence-electron chi connectivity index (χ4n) is 3.89. The third-order valence-corrected chi connectivity index (χ3v) is 7.18. The van der Waals surface area contributed by atoms with Gasteiger partial charge in [-0.2, -0.15) is 13.2 Å². The average Bonchev–Trinajstić information content (AvgIpc) is 3.05. The quantitative estimate of drug-likeness (QED) is 0.507. The molecule has 8 heteroatoms. The molecule has 0 amide bonds. The molecule has 4 nitrogen and oxygen atoms in total. The van der Waals surface area contributed by atoms with Crippen LogP contribution in [0.4, 0.5) is 18.9 Å². The summed E-state index contributed by atoms with van der Waals surface area (Å²) in [7, 11) is 0. The number of allylic oxidation sites excluding steroid dienone is 1. The molecule has 1 aliphatic carbocycles. The number of pyridine rings is 2. The molecule has 4 rings (SSSR count). The lowest BCUT2D eigenvalue weighted by Gasteiger charge is -2.37. The summed E-state index contributed by atoms with van der Waals surface area (Å²) < 4.78 is 40.3. The van der Waals surface area contributed by atoms with Gasteiger partial charge in [-0.15, -0.1) is 0 Å². The number of aryl methyl sites for hydroxylation is 2. The second-order valence-electron chi connectivity index (χ2n) is 9.05. The van der Waals surface area contributed by atoms with E-state index < -0.39 is 11.6 Å². The molecule has 3 aromatic heterocycles. The monoisotopic (exact) mass is 446 g/mol. The first kappa shape index (κ1) is 21.7. The van der Waals surface area contributed by atoms with E-state index in [2.05, 4.69) is 33.8 Å². The Morgan fingerprint density at radius 2 is 1.97 bits per heavy atom. The predicted molar refractivity (Wildman–Crippen MR) is 118 cm³/mol. The van der Waals surface area contributed by atoms with Gasteiger partial charge >= 0.3 is 6.18 Å². The molecule has 1 aliphatic rings. The molecule has 0 aromatic carbocycles. The van der Waals surface area contributed by atoms with Crippen molar-refractivity contribution in [3.8, 4) is 0 Å². The van der Waals surface area contributed by atoms with E-state index in [1.165, 1.54) is 19.9 Å². The van der Waals surface area contributed by atoms with E-state index in [1.807, 2.05) is 13.0 Å². The van der Waals surface area contributed by atoms with E-state index in [1.54, 1.807) is 23.6 Å². The Morgan fingerprint density at radius 3 is 2.68 bits per heavy atom. The predicted octanol–water partition coefficient (Wildman–Crippen LogP) is 6.36. The van der Waals surface area contributed by atoms with Crippen LogP contribution in [-0.4, -0.2) is 21.1 Å². The summed E-state index contributed by atoms with van der Waals surface area (Å²) in [6, 6.07) is 5.27. The van der Waals surface area contributed by atoms with Gasteiger partial charge in [-0.25, -0.2) is 9.97 Å². The number of anilines is 1. The van der Waals surface area contributed by atoms with Gasteiger partial charge in [-0.1, -0.05) is 30.9 Å². The maximum absolute atomic E-state index is 13.4. The maximum atomic E-state index is 13.4.